The SMILES string of the molecule is CCCN(CCC)C(=O)c1c(C)coc1CC(=O)O. The van der Waals surface area contributed by atoms with Gasteiger partial charge in [-0.25, -0.2) is 0 Å². The number of amides is 1. The molecule has 0 saturated carbocycles. The van der Waals surface area contributed by atoms with Crippen LogP contribution in [0.3, 0.4) is 0 Å². The molecule has 0 aliphatic heterocycles. The standard InChI is InChI=1S/C14H21NO4/c1-4-6-15(7-5-2)14(18)13-10(3)9-19-11(13)8-12(16)17/h9H,4-8H2,1-3H3,(H,16,17). The van der Waals surface area contributed by atoms with Crippen LogP contribution in [0.2, 0.25) is 0 Å². The van der Waals surface area contributed by atoms with Crippen LogP contribution in [0, 0.1) is 6.92 Å². The lowest BCUT2D eigenvalue weighted by molar-refractivity contribution is -0.136. The molecule has 19 heavy (non-hydrogen) atoms. The van der Waals surface area contributed by atoms with Crippen LogP contribution < -0.4 is 0 Å². The Morgan fingerprint density at radius 1 is 1.26 bits per heavy atom. The zero-order valence-electron chi connectivity index (χ0n) is 11.7. The van der Waals surface area contributed by atoms with Crippen molar-refractivity contribution in [2.45, 2.75) is 40.0 Å². The number of nitrogens with zero attached hydrogens (tertiary/aromatic N) is 1. The third-order valence-corrected chi connectivity index (χ3v) is 2.85. The van der Waals surface area contributed by atoms with Gasteiger partial charge in [-0.05, 0) is 19.8 Å². The summed E-state index contributed by atoms with van der Waals surface area (Å²) in [5, 5.41) is 8.84. The van der Waals surface area contributed by atoms with E-state index >= 15 is 0 Å². The first kappa shape index (κ1) is 15.3. The van der Waals surface area contributed by atoms with Crippen LogP contribution in [0.25, 0.3) is 0 Å². The van der Waals surface area contributed by atoms with E-state index in [-0.39, 0.29) is 18.1 Å². The van der Waals surface area contributed by atoms with Gasteiger partial charge in [-0.3, -0.25) is 9.59 Å². The summed E-state index contributed by atoms with van der Waals surface area (Å²) in [5.74, 6) is -0.890. The highest BCUT2D eigenvalue weighted by molar-refractivity contribution is 5.97. The Labute approximate surface area is 113 Å². The molecule has 0 bridgehead atoms. The van der Waals surface area contributed by atoms with Gasteiger partial charge in [-0.2, -0.15) is 0 Å². The second-order valence-electron chi connectivity index (χ2n) is 4.58. The van der Waals surface area contributed by atoms with Crippen LogP contribution in [-0.2, 0) is 11.2 Å². The van der Waals surface area contributed by atoms with Crippen molar-refractivity contribution in [3.63, 3.8) is 0 Å². The summed E-state index contributed by atoms with van der Waals surface area (Å²) < 4.78 is 5.21. The zero-order chi connectivity index (χ0) is 14.4. The molecule has 1 amide bonds. The van der Waals surface area contributed by atoms with E-state index in [1.807, 2.05) is 13.8 Å². The molecule has 0 spiro atoms. The van der Waals surface area contributed by atoms with Crippen molar-refractivity contribution < 1.29 is 19.1 Å². The molecule has 0 radical (unpaired) electrons. The minimum Gasteiger partial charge on any atom is -0.481 e. The molecule has 1 rings (SSSR count). The molecule has 0 aliphatic carbocycles. The van der Waals surface area contributed by atoms with Gasteiger partial charge >= 0.3 is 5.97 Å². The maximum atomic E-state index is 12.5. The Balaban J connectivity index is 3.02. The first-order valence-corrected chi connectivity index (χ1v) is 6.59. The summed E-state index contributed by atoms with van der Waals surface area (Å²) in [6.45, 7) is 7.12. The number of aryl methyl sites for hydroxylation is 1. The monoisotopic (exact) mass is 267 g/mol. The molecular weight excluding hydrogens is 246 g/mol. The van der Waals surface area contributed by atoms with Crippen LogP contribution in [0.1, 0.15) is 48.4 Å². The van der Waals surface area contributed by atoms with E-state index in [9.17, 15) is 9.59 Å². The Morgan fingerprint density at radius 2 is 1.84 bits per heavy atom. The first-order chi connectivity index (χ1) is 9.01. The van der Waals surface area contributed by atoms with E-state index in [0.717, 1.165) is 12.8 Å². The average Bonchev–Trinajstić information content (AvgIpc) is 2.68. The van der Waals surface area contributed by atoms with E-state index in [4.69, 9.17) is 9.52 Å². The normalized spacial score (nSPS) is 10.5. The molecule has 0 unspecified atom stereocenters. The van der Waals surface area contributed by atoms with Crippen LogP contribution in [0.5, 0.6) is 0 Å². The van der Waals surface area contributed by atoms with E-state index in [2.05, 4.69) is 0 Å². The molecule has 5 nitrogen and oxygen atoms in total. The number of carbonyl (C=O) groups is 2. The number of carboxylic acids is 1. The number of carboxylic acid groups (broad SMARTS) is 1. The van der Waals surface area contributed by atoms with Crippen molar-refractivity contribution in [3.05, 3.63) is 23.2 Å². The van der Waals surface area contributed by atoms with Gasteiger partial charge in [0, 0.05) is 18.7 Å². The van der Waals surface area contributed by atoms with Crippen molar-refractivity contribution in [1.29, 1.82) is 0 Å². The molecule has 0 aromatic carbocycles. The summed E-state index contributed by atoms with van der Waals surface area (Å²) in [4.78, 5) is 25.0. The minimum absolute atomic E-state index is 0.133. The highest BCUT2D eigenvalue weighted by atomic mass is 16.4. The van der Waals surface area contributed by atoms with Crippen LogP contribution in [-0.4, -0.2) is 35.0 Å². The fraction of sp³-hybridized carbons (Fsp3) is 0.571. The predicted octanol–water partition coefficient (Wildman–Crippen LogP) is 2.48. The van der Waals surface area contributed by atoms with Gasteiger partial charge < -0.3 is 14.4 Å². The topological polar surface area (TPSA) is 70.8 Å². The molecule has 1 N–H and O–H groups in total. The smallest absolute Gasteiger partial charge is 0.311 e. The summed E-state index contributed by atoms with van der Waals surface area (Å²) in [6.07, 6.45) is 2.93. The van der Waals surface area contributed by atoms with Crippen LogP contribution >= 0.6 is 0 Å². The fourth-order valence-corrected chi connectivity index (χ4v) is 2.07. The Morgan fingerprint density at radius 3 is 2.32 bits per heavy atom. The Bertz CT molecular complexity index is 444. The van der Waals surface area contributed by atoms with E-state index in [1.54, 1.807) is 11.8 Å². The minimum atomic E-state index is -0.999. The number of hydrogen-bond donors (Lipinski definition) is 1. The molecular formula is C14H21NO4. The van der Waals surface area contributed by atoms with Gasteiger partial charge in [0.2, 0.25) is 0 Å². The number of furan rings is 1. The molecule has 5 heteroatoms. The lowest BCUT2D eigenvalue weighted by Crippen LogP contribution is -2.33. The third-order valence-electron chi connectivity index (χ3n) is 2.85. The van der Waals surface area contributed by atoms with Crippen LogP contribution in [0.15, 0.2) is 10.7 Å². The Kier molecular flexibility index (Phi) is 5.60. The third kappa shape index (κ3) is 3.84. The summed E-state index contributed by atoms with van der Waals surface area (Å²) in [6, 6.07) is 0. The number of hydrogen-bond acceptors (Lipinski definition) is 3. The predicted molar refractivity (Wildman–Crippen MR) is 71.3 cm³/mol. The van der Waals surface area contributed by atoms with Gasteiger partial charge in [0.1, 0.15) is 12.2 Å². The number of aliphatic carboxylic acids is 1. The number of rotatable bonds is 7. The first-order valence-electron chi connectivity index (χ1n) is 6.59. The van der Waals surface area contributed by atoms with Gasteiger partial charge in [-0.15, -0.1) is 0 Å². The van der Waals surface area contributed by atoms with E-state index < -0.39 is 5.97 Å². The maximum absolute atomic E-state index is 12.5. The average molecular weight is 267 g/mol. The Hall–Kier alpha value is -1.78. The van der Waals surface area contributed by atoms with Crippen molar-refractivity contribution >= 4 is 11.9 Å². The largest absolute Gasteiger partial charge is 0.481 e. The van der Waals surface area contributed by atoms with Gasteiger partial charge in [0.05, 0.1) is 11.8 Å². The maximum Gasteiger partial charge on any atom is 0.311 e. The highest BCUT2D eigenvalue weighted by Gasteiger charge is 2.24. The van der Waals surface area contributed by atoms with Gasteiger partial charge in [0.25, 0.3) is 5.91 Å². The lowest BCUT2D eigenvalue weighted by Gasteiger charge is -2.21. The summed E-state index contributed by atoms with van der Waals surface area (Å²) >= 11 is 0. The van der Waals surface area contributed by atoms with Crippen molar-refractivity contribution in [1.82, 2.24) is 4.90 Å². The molecule has 0 fully saturated rings. The molecule has 1 aromatic rings. The van der Waals surface area contributed by atoms with Crippen molar-refractivity contribution in [3.8, 4) is 0 Å². The zero-order valence-corrected chi connectivity index (χ0v) is 11.7. The molecule has 0 aliphatic rings. The molecule has 106 valence electrons. The fourth-order valence-electron chi connectivity index (χ4n) is 2.07. The number of carbonyl (C=O) groups excluding carboxylic acids is 1. The highest BCUT2D eigenvalue weighted by Crippen LogP contribution is 2.20. The summed E-state index contributed by atoms with van der Waals surface area (Å²) in [5.41, 5.74) is 1.10. The van der Waals surface area contributed by atoms with Gasteiger partial charge in [-0.1, -0.05) is 13.8 Å². The molecule has 1 heterocycles. The molecule has 0 atom stereocenters. The van der Waals surface area contributed by atoms with Crippen molar-refractivity contribution in [2.24, 2.45) is 0 Å². The summed E-state index contributed by atoms with van der Waals surface area (Å²) in [7, 11) is 0. The molecule has 0 saturated heterocycles. The second-order valence-corrected chi connectivity index (χ2v) is 4.58. The van der Waals surface area contributed by atoms with E-state index in [0.29, 0.717) is 24.2 Å². The van der Waals surface area contributed by atoms with Crippen molar-refractivity contribution in [2.75, 3.05) is 13.1 Å². The molecule has 1 aromatic heterocycles. The quantitative estimate of drug-likeness (QED) is 0.823. The van der Waals surface area contributed by atoms with Crippen LogP contribution in [0.4, 0.5) is 0 Å². The van der Waals surface area contributed by atoms with Gasteiger partial charge in [0.15, 0.2) is 0 Å². The lowest BCUT2D eigenvalue weighted by atomic mass is 10.1. The van der Waals surface area contributed by atoms with E-state index in [1.165, 1.54) is 6.26 Å². The second kappa shape index (κ2) is 6.97.